The maximum atomic E-state index is 12.3. The van der Waals surface area contributed by atoms with E-state index >= 15 is 0 Å². The van der Waals surface area contributed by atoms with Crippen LogP contribution in [-0.4, -0.2) is 17.3 Å². The number of pyridine rings is 1. The summed E-state index contributed by atoms with van der Waals surface area (Å²) in [6.45, 7) is -0.122. The van der Waals surface area contributed by atoms with Crippen molar-refractivity contribution in [2.75, 3.05) is 5.32 Å². The molecule has 2 rings (SSSR count). The Balaban J connectivity index is 2.08. The highest BCUT2D eigenvalue weighted by Crippen LogP contribution is 2.26. The van der Waals surface area contributed by atoms with Gasteiger partial charge in [-0.25, -0.2) is 9.98 Å². The largest absolute Gasteiger partial charge is 0.573 e. The molecule has 1 aromatic heterocycles. The fraction of sp³-hybridized carbons (Fsp3) is 0.133. The van der Waals surface area contributed by atoms with Gasteiger partial charge >= 0.3 is 6.36 Å². The summed E-state index contributed by atoms with van der Waals surface area (Å²) < 4.78 is 41.0. The monoisotopic (exact) mass is 335 g/mol. The van der Waals surface area contributed by atoms with Crippen LogP contribution in [0, 0.1) is 11.3 Å². The number of alkyl halides is 3. The van der Waals surface area contributed by atoms with Crippen molar-refractivity contribution >= 4 is 11.8 Å². The number of nitrogens with one attached hydrogen (secondary N) is 1. The predicted octanol–water partition coefficient (Wildman–Crippen LogP) is 2.78. The first-order chi connectivity index (χ1) is 11.4. The fourth-order valence-electron chi connectivity index (χ4n) is 1.77. The maximum Gasteiger partial charge on any atom is 0.573 e. The first kappa shape index (κ1) is 17.1. The van der Waals surface area contributed by atoms with Crippen molar-refractivity contribution in [1.82, 2.24) is 4.98 Å². The molecule has 6 nitrogen and oxygen atoms in total. The van der Waals surface area contributed by atoms with Gasteiger partial charge in [-0.15, -0.1) is 13.2 Å². The molecule has 124 valence electrons. The van der Waals surface area contributed by atoms with E-state index in [1.54, 1.807) is 18.2 Å². The molecular weight excluding hydrogens is 323 g/mol. The van der Waals surface area contributed by atoms with Crippen LogP contribution >= 0.6 is 0 Å². The minimum Gasteiger partial charge on any atom is -0.405 e. The van der Waals surface area contributed by atoms with Gasteiger partial charge < -0.3 is 15.8 Å². The van der Waals surface area contributed by atoms with Gasteiger partial charge in [0.2, 0.25) is 0 Å². The average Bonchev–Trinajstić information content (AvgIpc) is 2.53. The topological polar surface area (TPSA) is 96.3 Å². The molecule has 3 N–H and O–H groups in total. The second-order valence-electron chi connectivity index (χ2n) is 4.50. The van der Waals surface area contributed by atoms with Gasteiger partial charge in [-0.05, 0) is 18.2 Å². The lowest BCUT2D eigenvalue weighted by Gasteiger charge is -2.12. The van der Waals surface area contributed by atoms with Gasteiger partial charge in [0.25, 0.3) is 0 Å². The number of guanidine groups is 1. The van der Waals surface area contributed by atoms with E-state index < -0.39 is 6.36 Å². The summed E-state index contributed by atoms with van der Waals surface area (Å²) in [7, 11) is 0. The van der Waals surface area contributed by atoms with Crippen LogP contribution in [0.15, 0.2) is 47.5 Å². The van der Waals surface area contributed by atoms with Crippen LogP contribution in [0.3, 0.4) is 0 Å². The van der Waals surface area contributed by atoms with E-state index in [9.17, 15) is 13.2 Å². The highest BCUT2D eigenvalue weighted by molar-refractivity contribution is 5.91. The number of aliphatic imine (C=N–C) groups is 1. The van der Waals surface area contributed by atoms with Crippen molar-refractivity contribution < 1.29 is 17.9 Å². The number of para-hydroxylation sites is 1. The molecule has 0 amide bonds. The second kappa shape index (κ2) is 7.32. The van der Waals surface area contributed by atoms with Crippen molar-refractivity contribution in [2.24, 2.45) is 10.7 Å². The Morgan fingerprint density at radius 3 is 2.71 bits per heavy atom. The van der Waals surface area contributed by atoms with E-state index in [0.717, 1.165) is 0 Å². The molecule has 0 atom stereocenters. The molecule has 0 saturated carbocycles. The smallest absolute Gasteiger partial charge is 0.405 e. The lowest BCUT2D eigenvalue weighted by molar-refractivity contribution is -0.274. The fourth-order valence-corrected chi connectivity index (χ4v) is 1.77. The highest BCUT2D eigenvalue weighted by atomic mass is 19.4. The lowest BCUT2D eigenvalue weighted by atomic mass is 10.2. The number of ether oxygens (including phenoxy) is 1. The number of nitriles is 1. The Bertz CT molecular complexity index is 783. The standard InChI is InChI=1S/C15H12F3N5O/c16-15(17,18)24-12-6-2-1-4-10(12)9-21-14(20)23-13-7-3-5-11(8-19)22-13/h1-7H,9H2,(H3,20,21,22,23). The Hall–Kier alpha value is -3.28. The summed E-state index contributed by atoms with van der Waals surface area (Å²) in [4.78, 5) is 7.89. The first-order valence-electron chi connectivity index (χ1n) is 6.65. The van der Waals surface area contributed by atoms with Gasteiger partial charge in [0, 0.05) is 5.56 Å². The van der Waals surface area contributed by atoms with Crippen LogP contribution in [0.4, 0.5) is 19.0 Å². The van der Waals surface area contributed by atoms with E-state index in [-0.39, 0.29) is 29.5 Å². The van der Waals surface area contributed by atoms with Crippen molar-refractivity contribution in [3.63, 3.8) is 0 Å². The molecule has 0 radical (unpaired) electrons. The summed E-state index contributed by atoms with van der Waals surface area (Å²) >= 11 is 0. The summed E-state index contributed by atoms with van der Waals surface area (Å²) in [6, 6.07) is 12.2. The maximum absolute atomic E-state index is 12.3. The zero-order valence-electron chi connectivity index (χ0n) is 12.2. The number of aromatic nitrogens is 1. The normalized spacial score (nSPS) is 11.7. The molecular formula is C15H12F3N5O. The van der Waals surface area contributed by atoms with Gasteiger partial charge in [0.15, 0.2) is 5.96 Å². The number of nitrogens with two attached hydrogens (primary N) is 1. The Morgan fingerprint density at radius 1 is 1.25 bits per heavy atom. The first-order valence-corrected chi connectivity index (χ1v) is 6.65. The molecule has 0 aliphatic carbocycles. The quantitative estimate of drug-likeness (QED) is 0.661. The van der Waals surface area contributed by atoms with Crippen molar-refractivity contribution in [3.05, 3.63) is 53.7 Å². The van der Waals surface area contributed by atoms with E-state index in [1.165, 1.54) is 24.3 Å². The Kier molecular flexibility index (Phi) is 5.21. The highest BCUT2D eigenvalue weighted by Gasteiger charge is 2.31. The summed E-state index contributed by atoms with van der Waals surface area (Å²) in [5.74, 6) is -0.0966. The van der Waals surface area contributed by atoms with Crippen LogP contribution in [0.1, 0.15) is 11.3 Å². The van der Waals surface area contributed by atoms with Crippen LogP contribution in [-0.2, 0) is 6.54 Å². The average molecular weight is 335 g/mol. The molecule has 24 heavy (non-hydrogen) atoms. The third-order valence-corrected chi connectivity index (χ3v) is 2.74. The van der Waals surface area contributed by atoms with Crippen molar-refractivity contribution in [1.29, 1.82) is 5.26 Å². The number of benzene rings is 1. The van der Waals surface area contributed by atoms with Gasteiger partial charge in [-0.2, -0.15) is 5.26 Å². The molecule has 0 fully saturated rings. The second-order valence-corrected chi connectivity index (χ2v) is 4.50. The summed E-state index contributed by atoms with van der Waals surface area (Å²) in [5.41, 5.74) is 6.09. The molecule has 0 aliphatic rings. The number of nitrogens with zero attached hydrogens (tertiary/aromatic N) is 3. The van der Waals surface area contributed by atoms with Crippen LogP contribution in [0.2, 0.25) is 0 Å². The zero-order chi connectivity index (χ0) is 17.6. The zero-order valence-corrected chi connectivity index (χ0v) is 12.2. The van der Waals surface area contributed by atoms with Crippen LogP contribution in [0.25, 0.3) is 0 Å². The molecule has 2 aromatic rings. The number of rotatable bonds is 4. The summed E-state index contributed by atoms with van der Waals surface area (Å²) in [6.07, 6.45) is -4.79. The molecule has 0 saturated heterocycles. The van der Waals surface area contributed by atoms with E-state index in [4.69, 9.17) is 11.0 Å². The van der Waals surface area contributed by atoms with Crippen molar-refractivity contribution in [2.45, 2.75) is 12.9 Å². The Morgan fingerprint density at radius 2 is 2.00 bits per heavy atom. The van der Waals surface area contributed by atoms with Gasteiger partial charge in [-0.3, -0.25) is 0 Å². The minimum atomic E-state index is -4.79. The number of halogens is 3. The molecule has 0 unspecified atom stereocenters. The van der Waals surface area contributed by atoms with Gasteiger partial charge in [0.05, 0.1) is 6.54 Å². The molecule has 9 heteroatoms. The van der Waals surface area contributed by atoms with E-state index in [2.05, 4.69) is 20.0 Å². The summed E-state index contributed by atoms with van der Waals surface area (Å²) in [5, 5.41) is 11.4. The predicted molar refractivity (Wildman–Crippen MR) is 81.0 cm³/mol. The third-order valence-electron chi connectivity index (χ3n) is 2.74. The van der Waals surface area contributed by atoms with Crippen LogP contribution in [0.5, 0.6) is 5.75 Å². The van der Waals surface area contributed by atoms with E-state index in [1.807, 2.05) is 6.07 Å². The molecule has 1 heterocycles. The van der Waals surface area contributed by atoms with Gasteiger partial charge in [-0.1, -0.05) is 24.3 Å². The van der Waals surface area contributed by atoms with Crippen LogP contribution < -0.4 is 15.8 Å². The third kappa shape index (κ3) is 5.17. The lowest BCUT2D eigenvalue weighted by Crippen LogP contribution is -2.23. The van der Waals surface area contributed by atoms with E-state index in [0.29, 0.717) is 5.82 Å². The number of hydrogen-bond acceptors (Lipinski definition) is 4. The molecule has 0 aliphatic heterocycles. The number of anilines is 1. The SMILES string of the molecule is N#Cc1cccc(NC(N)=NCc2ccccc2OC(F)(F)F)n1. The molecule has 0 bridgehead atoms. The number of hydrogen-bond donors (Lipinski definition) is 2. The molecule has 0 spiro atoms. The minimum absolute atomic E-state index is 0.0561. The van der Waals surface area contributed by atoms with Crippen molar-refractivity contribution in [3.8, 4) is 11.8 Å². The Labute approximate surface area is 135 Å². The molecule has 1 aromatic carbocycles. The van der Waals surface area contributed by atoms with Gasteiger partial charge in [0.1, 0.15) is 23.3 Å².